The minimum Gasteiger partial charge on any atom is -0.351 e. The lowest BCUT2D eigenvalue weighted by Crippen LogP contribution is -2.40. The van der Waals surface area contributed by atoms with Crippen molar-refractivity contribution >= 4 is 40.2 Å². The molecule has 184 valence electrons. The van der Waals surface area contributed by atoms with Crippen molar-refractivity contribution in [2.45, 2.75) is 29.2 Å². The van der Waals surface area contributed by atoms with Crippen LogP contribution in [0.15, 0.2) is 94.9 Å². The lowest BCUT2D eigenvalue weighted by molar-refractivity contribution is 0.0945. The summed E-state index contributed by atoms with van der Waals surface area (Å²) in [6, 6.07) is 28.2. The van der Waals surface area contributed by atoms with Gasteiger partial charge in [0.1, 0.15) is 5.03 Å². The molecule has 1 aromatic heterocycles. The third kappa shape index (κ3) is 6.47. The Hall–Kier alpha value is -2.86. The van der Waals surface area contributed by atoms with E-state index >= 15 is 0 Å². The lowest BCUT2D eigenvalue weighted by Gasteiger charge is -2.32. The molecule has 0 aliphatic carbocycles. The largest absolute Gasteiger partial charge is 0.351 e. The van der Waals surface area contributed by atoms with E-state index in [4.69, 9.17) is 16.6 Å². The minimum atomic E-state index is -0.0551. The lowest BCUT2D eigenvalue weighted by atomic mass is 9.90. The molecule has 1 saturated heterocycles. The number of amides is 1. The molecule has 4 aromatic rings. The van der Waals surface area contributed by atoms with E-state index in [1.165, 1.54) is 30.2 Å². The molecule has 1 amide bonds. The number of halogens is 1. The molecule has 4 nitrogen and oxygen atoms in total. The summed E-state index contributed by atoms with van der Waals surface area (Å²) in [5.74, 6) is 0.692. The third-order valence-electron chi connectivity index (χ3n) is 6.74. The van der Waals surface area contributed by atoms with Crippen LogP contribution in [0, 0.1) is 5.92 Å². The fraction of sp³-hybridized carbons (Fsp3) is 0.267. The van der Waals surface area contributed by atoms with Crippen LogP contribution in [0.4, 0.5) is 0 Å². The quantitative estimate of drug-likeness (QED) is 0.283. The number of likely N-dealkylation sites (tertiary alicyclic amines) is 1. The van der Waals surface area contributed by atoms with E-state index in [1.54, 1.807) is 0 Å². The molecule has 1 N–H and O–H groups in total. The van der Waals surface area contributed by atoms with Crippen LogP contribution in [0.25, 0.3) is 10.9 Å². The van der Waals surface area contributed by atoms with Gasteiger partial charge in [0, 0.05) is 28.4 Å². The SMILES string of the molecule is O=C(NCCN1CCC(Cc2ccccc2)CC1)c1cc(Sc2cccc(Cl)c2)nc2ccccc12. The van der Waals surface area contributed by atoms with Gasteiger partial charge in [0.05, 0.1) is 11.1 Å². The Labute approximate surface area is 222 Å². The molecule has 1 aliphatic rings. The number of aromatic nitrogens is 1. The maximum Gasteiger partial charge on any atom is 0.252 e. The van der Waals surface area contributed by atoms with E-state index in [9.17, 15) is 4.79 Å². The van der Waals surface area contributed by atoms with E-state index in [0.29, 0.717) is 17.1 Å². The van der Waals surface area contributed by atoms with Gasteiger partial charge in [-0.3, -0.25) is 4.79 Å². The van der Waals surface area contributed by atoms with Gasteiger partial charge in [0.25, 0.3) is 5.91 Å². The first kappa shape index (κ1) is 24.8. The molecular weight excluding hydrogens is 486 g/mol. The van der Waals surface area contributed by atoms with E-state index in [2.05, 4.69) is 40.5 Å². The first-order valence-electron chi connectivity index (χ1n) is 12.5. The molecule has 1 fully saturated rings. The number of carbonyl (C=O) groups is 1. The third-order valence-corrected chi connectivity index (χ3v) is 7.89. The van der Waals surface area contributed by atoms with Gasteiger partial charge < -0.3 is 10.2 Å². The zero-order valence-electron chi connectivity index (χ0n) is 20.2. The molecule has 3 aromatic carbocycles. The summed E-state index contributed by atoms with van der Waals surface area (Å²) in [6.45, 7) is 3.69. The number of rotatable bonds is 8. The molecule has 5 rings (SSSR count). The second-order valence-electron chi connectivity index (χ2n) is 9.32. The highest BCUT2D eigenvalue weighted by Crippen LogP contribution is 2.31. The zero-order valence-corrected chi connectivity index (χ0v) is 21.8. The van der Waals surface area contributed by atoms with Crippen LogP contribution in [-0.2, 0) is 6.42 Å². The van der Waals surface area contributed by atoms with Crippen molar-refractivity contribution in [3.8, 4) is 0 Å². The van der Waals surface area contributed by atoms with Crippen molar-refractivity contribution in [3.05, 3.63) is 101 Å². The number of nitrogens with zero attached hydrogens (tertiary/aromatic N) is 2. The Bertz CT molecular complexity index is 1320. The Balaban J connectivity index is 1.18. The number of carbonyl (C=O) groups excluding carboxylic acids is 1. The van der Waals surface area contributed by atoms with Gasteiger partial charge in [-0.2, -0.15) is 0 Å². The monoisotopic (exact) mass is 515 g/mol. The maximum atomic E-state index is 13.2. The number of piperidine rings is 1. The minimum absolute atomic E-state index is 0.0551. The predicted molar refractivity (Wildman–Crippen MR) is 149 cm³/mol. The van der Waals surface area contributed by atoms with E-state index in [0.717, 1.165) is 52.8 Å². The van der Waals surface area contributed by atoms with Crippen LogP contribution < -0.4 is 5.32 Å². The predicted octanol–water partition coefficient (Wildman–Crippen LogP) is 6.72. The van der Waals surface area contributed by atoms with Crippen LogP contribution in [-0.4, -0.2) is 42.0 Å². The highest BCUT2D eigenvalue weighted by Gasteiger charge is 2.20. The van der Waals surface area contributed by atoms with E-state index < -0.39 is 0 Å². The van der Waals surface area contributed by atoms with Crippen molar-refractivity contribution in [1.82, 2.24) is 15.2 Å². The van der Waals surface area contributed by atoms with Gasteiger partial charge in [0.2, 0.25) is 0 Å². The number of nitrogens with one attached hydrogen (secondary N) is 1. The molecular formula is C30H30ClN3OS. The van der Waals surface area contributed by atoms with E-state index in [-0.39, 0.29) is 5.91 Å². The molecule has 0 atom stereocenters. The Morgan fingerprint density at radius 1 is 0.972 bits per heavy atom. The Morgan fingerprint density at radius 3 is 2.56 bits per heavy atom. The second kappa shape index (κ2) is 11.9. The van der Waals surface area contributed by atoms with Gasteiger partial charge in [-0.25, -0.2) is 4.98 Å². The van der Waals surface area contributed by atoms with Gasteiger partial charge >= 0.3 is 0 Å². The summed E-state index contributed by atoms with van der Waals surface area (Å²) in [5, 5.41) is 5.48. The molecule has 36 heavy (non-hydrogen) atoms. The highest BCUT2D eigenvalue weighted by molar-refractivity contribution is 7.99. The van der Waals surface area contributed by atoms with Crippen LogP contribution >= 0.6 is 23.4 Å². The van der Waals surface area contributed by atoms with Crippen molar-refractivity contribution in [2.75, 3.05) is 26.2 Å². The molecule has 0 unspecified atom stereocenters. The highest BCUT2D eigenvalue weighted by atomic mass is 35.5. The fourth-order valence-electron chi connectivity index (χ4n) is 4.83. The Morgan fingerprint density at radius 2 is 1.75 bits per heavy atom. The van der Waals surface area contributed by atoms with Crippen molar-refractivity contribution in [3.63, 3.8) is 0 Å². The molecule has 1 aliphatic heterocycles. The first-order chi connectivity index (χ1) is 17.6. The maximum absolute atomic E-state index is 13.2. The summed E-state index contributed by atoms with van der Waals surface area (Å²) in [5.41, 5.74) is 2.91. The van der Waals surface area contributed by atoms with Crippen LogP contribution in [0.5, 0.6) is 0 Å². The Kier molecular flexibility index (Phi) is 8.22. The fourth-order valence-corrected chi connectivity index (χ4v) is 5.98. The van der Waals surface area contributed by atoms with Gasteiger partial charge in [-0.15, -0.1) is 0 Å². The van der Waals surface area contributed by atoms with Crippen LogP contribution in [0.1, 0.15) is 28.8 Å². The molecule has 2 heterocycles. The average molecular weight is 516 g/mol. The summed E-state index contributed by atoms with van der Waals surface area (Å²) >= 11 is 7.66. The van der Waals surface area contributed by atoms with Gasteiger partial charge in [-0.05, 0) is 74.2 Å². The van der Waals surface area contributed by atoms with Crippen molar-refractivity contribution < 1.29 is 4.79 Å². The van der Waals surface area contributed by atoms with Crippen LogP contribution in [0.3, 0.4) is 0 Å². The molecule has 0 saturated carbocycles. The molecule has 0 spiro atoms. The smallest absolute Gasteiger partial charge is 0.252 e. The van der Waals surface area contributed by atoms with Gasteiger partial charge in [-0.1, -0.05) is 78.0 Å². The van der Waals surface area contributed by atoms with E-state index in [1.807, 2.05) is 54.6 Å². The van der Waals surface area contributed by atoms with Crippen molar-refractivity contribution in [2.24, 2.45) is 5.92 Å². The summed E-state index contributed by atoms with van der Waals surface area (Å²) in [4.78, 5) is 21.5. The molecule has 0 bridgehead atoms. The summed E-state index contributed by atoms with van der Waals surface area (Å²) in [6.07, 6.45) is 3.58. The normalized spacial score (nSPS) is 14.7. The summed E-state index contributed by atoms with van der Waals surface area (Å²) in [7, 11) is 0. The second-order valence-corrected chi connectivity index (χ2v) is 10.8. The topological polar surface area (TPSA) is 45.2 Å². The van der Waals surface area contributed by atoms with Crippen molar-refractivity contribution in [1.29, 1.82) is 0 Å². The molecule has 6 heteroatoms. The first-order valence-corrected chi connectivity index (χ1v) is 13.7. The number of pyridine rings is 1. The summed E-state index contributed by atoms with van der Waals surface area (Å²) < 4.78 is 0. The molecule has 0 radical (unpaired) electrons. The van der Waals surface area contributed by atoms with Gasteiger partial charge in [0.15, 0.2) is 0 Å². The number of para-hydroxylation sites is 1. The standard InChI is InChI=1S/C30H30ClN3OS/c31-24-9-6-10-25(20-24)36-29-21-27(26-11-4-5-12-28(26)33-29)30(35)32-15-18-34-16-13-23(14-17-34)19-22-7-2-1-3-8-22/h1-12,20-21,23H,13-19H2,(H,32,35). The zero-order chi connectivity index (χ0) is 24.7. The number of hydrogen-bond acceptors (Lipinski definition) is 4. The average Bonchev–Trinajstić information content (AvgIpc) is 2.90. The number of fused-ring (bicyclic) bond motifs is 1. The van der Waals surface area contributed by atoms with Crippen LogP contribution in [0.2, 0.25) is 5.02 Å². The number of hydrogen-bond donors (Lipinski definition) is 1. The number of benzene rings is 3.